The van der Waals surface area contributed by atoms with Crippen LogP contribution in [0.5, 0.6) is 0 Å². The maximum absolute atomic E-state index is 11.8. The van der Waals surface area contributed by atoms with Crippen molar-refractivity contribution in [3.05, 3.63) is 0 Å². The van der Waals surface area contributed by atoms with E-state index in [1.54, 1.807) is 0 Å². The minimum absolute atomic E-state index is 0.0290. The van der Waals surface area contributed by atoms with Gasteiger partial charge in [0, 0.05) is 13.2 Å². The second-order valence-corrected chi connectivity index (χ2v) is 5.33. The number of hydrogen-bond donors (Lipinski definition) is 3. The summed E-state index contributed by atoms with van der Waals surface area (Å²) in [7, 11) is 1.31. The lowest BCUT2D eigenvalue weighted by atomic mass is 9.83. The molecule has 2 atom stereocenters. The molecule has 0 aliphatic heterocycles. The Kier molecular flexibility index (Phi) is 7.36. The zero-order valence-corrected chi connectivity index (χ0v) is 12.4. The number of urea groups is 1. The molecule has 20 heavy (non-hydrogen) atoms. The summed E-state index contributed by atoms with van der Waals surface area (Å²) in [6.45, 7) is 2.04. The smallest absolute Gasteiger partial charge is 0.334 e. The number of hydrogen-bond acceptors (Lipinski definition) is 3. The van der Waals surface area contributed by atoms with Gasteiger partial charge in [0.05, 0.1) is 6.54 Å². The van der Waals surface area contributed by atoms with Crippen LogP contribution in [0.4, 0.5) is 4.79 Å². The predicted octanol–water partition coefficient (Wildman–Crippen LogP) is 1.74. The van der Waals surface area contributed by atoms with E-state index in [0.29, 0.717) is 5.92 Å². The summed E-state index contributed by atoms with van der Waals surface area (Å²) in [6.07, 6.45) is 5.96. The van der Waals surface area contributed by atoms with Gasteiger partial charge in [-0.15, -0.1) is 0 Å². The molecule has 0 aromatic heterocycles. The molecule has 1 rings (SSSR count). The van der Waals surface area contributed by atoms with Gasteiger partial charge in [0.1, 0.15) is 0 Å². The Hall–Kier alpha value is -1.30. The van der Waals surface area contributed by atoms with Gasteiger partial charge in [-0.05, 0) is 25.2 Å². The highest BCUT2D eigenvalue weighted by Gasteiger charge is 2.24. The molecule has 1 saturated carbocycles. The van der Waals surface area contributed by atoms with Gasteiger partial charge in [-0.1, -0.05) is 26.2 Å². The van der Waals surface area contributed by atoms with E-state index in [9.17, 15) is 9.59 Å². The zero-order chi connectivity index (χ0) is 15.0. The molecule has 1 fully saturated rings. The molecule has 3 N–H and O–H groups in total. The Morgan fingerprint density at radius 1 is 1.30 bits per heavy atom. The third-order valence-corrected chi connectivity index (χ3v) is 3.98. The Balaban J connectivity index is 2.36. The third-order valence-electron chi connectivity index (χ3n) is 3.98. The Bertz CT molecular complexity index is 316. The van der Waals surface area contributed by atoms with E-state index in [4.69, 9.17) is 9.84 Å². The van der Waals surface area contributed by atoms with E-state index in [-0.39, 0.29) is 18.6 Å². The first-order chi connectivity index (χ1) is 9.58. The standard InChI is InChI=1S/C14H26N2O4/c1-3-11(10-7-5-4-6-8-10)16-14(19)15-9-12(20-2)13(17)18/h10-12H,3-9H2,1-2H3,(H,17,18)(H2,15,16,19). The van der Waals surface area contributed by atoms with E-state index in [2.05, 4.69) is 17.6 Å². The van der Waals surface area contributed by atoms with Crippen LogP contribution in [0.25, 0.3) is 0 Å². The van der Waals surface area contributed by atoms with E-state index in [1.807, 2.05) is 0 Å². The first-order valence-electron chi connectivity index (χ1n) is 7.38. The second kappa shape index (κ2) is 8.79. The number of rotatable bonds is 7. The average molecular weight is 286 g/mol. The van der Waals surface area contributed by atoms with Crippen molar-refractivity contribution >= 4 is 12.0 Å². The predicted molar refractivity (Wildman–Crippen MR) is 75.6 cm³/mol. The van der Waals surface area contributed by atoms with Crippen LogP contribution in [0.15, 0.2) is 0 Å². The summed E-state index contributed by atoms with van der Waals surface area (Å²) in [4.78, 5) is 22.6. The summed E-state index contributed by atoms with van der Waals surface area (Å²) in [5, 5.41) is 14.3. The van der Waals surface area contributed by atoms with Crippen molar-refractivity contribution in [2.45, 2.75) is 57.6 Å². The van der Waals surface area contributed by atoms with Crippen LogP contribution in [0.3, 0.4) is 0 Å². The van der Waals surface area contributed by atoms with Crippen LogP contribution < -0.4 is 10.6 Å². The molecule has 116 valence electrons. The fourth-order valence-electron chi connectivity index (χ4n) is 2.77. The first kappa shape index (κ1) is 16.8. The minimum Gasteiger partial charge on any atom is -0.479 e. The number of carbonyl (C=O) groups excluding carboxylic acids is 1. The number of carbonyl (C=O) groups is 2. The highest BCUT2D eigenvalue weighted by Crippen LogP contribution is 2.27. The Morgan fingerprint density at radius 3 is 2.45 bits per heavy atom. The molecular formula is C14H26N2O4. The van der Waals surface area contributed by atoms with Crippen molar-refractivity contribution in [2.75, 3.05) is 13.7 Å². The van der Waals surface area contributed by atoms with Gasteiger partial charge >= 0.3 is 12.0 Å². The van der Waals surface area contributed by atoms with Crippen LogP contribution in [-0.2, 0) is 9.53 Å². The van der Waals surface area contributed by atoms with Gasteiger partial charge in [0.2, 0.25) is 0 Å². The molecule has 0 bridgehead atoms. The normalized spacial score (nSPS) is 19.1. The summed E-state index contributed by atoms with van der Waals surface area (Å²) in [5.74, 6) is -0.538. The van der Waals surface area contributed by atoms with E-state index in [1.165, 1.54) is 26.4 Å². The number of methoxy groups -OCH3 is 1. The Morgan fingerprint density at radius 2 is 1.95 bits per heavy atom. The fourth-order valence-corrected chi connectivity index (χ4v) is 2.77. The maximum Gasteiger partial charge on any atom is 0.334 e. The number of nitrogens with one attached hydrogen (secondary N) is 2. The van der Waals surface area contributed by atoms with Gasteiger partial charge in [-0.25, -0.2) is 9.59 Å². The summed E-state index contributed by atoms with van der Waals surface area (Å²) in [5.41, 5.74) is 0. The number of ether oxygens (including phenoxy) is 1. The van der Waals surface area contributed by atoms with Crippen molar-refractivity contribution in [1.82, 2.24) is 10.6 Å². The second-order valence-electron chi connectivity index (χ2n) is 5.33. The number of aliphatic carboxylic acids is 1. The molecule has 0 spiro atoms. The Labute approximate surface area is 120 Å². The van der Waals surface area contributed by atoms with Gasteiger partial charge < -0.3 is 20.5 Å². The molecule has 0 heterocycles. The first-order valence-corrected chi connectivity index (χ1v) is 7.38. The molecule has 1 aliphatic carbocycles. The lowest BCUT2D eigenvalue weighted by Crippen LogP contribution is -2.48. The van der Waals surface area contributed by atoms with Crippen LogP contribution in [-0.4, -0.2) is 42.9 Å². The lowest BCUT2D eigenvalue weighted by molar-refractivity contribution is -0.147. The minimum atomic E-state index is -1.08. The van der Waals surface area contributed by atoms with Gasteiger partial charge in [0.25, 0.3) is 0 Å². The van der Waals surface area contributed by atoms with E-state index < -0.39 is 12.1 Å². The molecule has 0 saturated heterocycles. The van der Waals surface area contributed by atoms with Gasteiger partial charge in [-0.2, -0.15) is 0 Å². The fraction of sp³-hybridized carbons (Fsp3) is 0.857. The summed E-state index contributed by atoms with van der Waals surface area (Å²) >= 11 is 0. The molecule has 1 aliphatic rings. The monoisotopic (exact) mass is 286 g/mol. The maximum atomic E-state index is 11.8. The van der Waals surface area contributed by atoms with Crippen LogP contribution in [0.1, 0.15) is 45.4 Å². The van der Waals surface area contributed by atoms with Crippen LogP contribution in [0, 0.1) is 5.92 Å². The summed E-state index contributed by atoms with van der Waals surface area (Å²) < 4.78 is 4.77. The van der Waals surface area contributed by atoms with Crippen molar-refractivity contribution in [3.8, 4) is 0 Å². The van der Waals surface area contributed by atoms with Crippen molar-refractivity contribution in [3.63, 3.8) is 0 Å². The quantitative estimate of drug-likeness (QED) is 0.665. The molecule has 0 radical (unpaired) electrons. The van der Waals surface area contributed by atoms with Gasteiger partial charge in [-0.3, -0.25) is 0 Å². The highest BCUT2D eigenvalue weighted by atomic mass is 16.5. The topological polar surface area (TPSA) is 87.7 Å². The number of amides is 2. The summed E-state index contributed by atoms with van der Waals surface area (Å²) in [6, 6.07) is -0.146. The molecule has 2 amide bonds. The van der Waals surface area contributed by atoms with Crippen LogP contribution in [0.2, 0.25) is 0 Å². The SMILES string of the molecule is CCC(NC(=O)NCC(OC)C(=O)O)C1CCCCC1. The largest absolute Gasteiger partial charge is 0.479 e. The van der Waals surface area contributed by atoms with E-state index >= 15 is 0 Å². The molecule has 0 aromatic carbocycles. The van der Waals surface area contributed by atoms with Crippen molar-refractivity contribution in [2.24, 2.45) is 5.92 Å². The number of carboxylic acid groups (broad SMARTS) is 1. The van der Waals surface area contributed by atoms with Crippen LogP contribution >= 0.6 is 0 Å². The van der Waals surface area contributed by atoms with Crippen molar-refractivity contribution < 1.29 is 19.4 Å². The molecule has 0 aromatic rings. The lowest BCUT2D eigenvalue weighted by Gasteiger charge is -2.30. The highest BCUT2D eigenvalue weighted by molar-refractivity contribution is 5.77. The van der Waals surface area contributed by atoms with Gasteiger partial charge in [0.15, 0.2) is 6.10 Å². The molecule has 2 unspecified atom stereocenters. The molecule has 6 heteroatoms. The average Bonchev–Trinajstić information content (AvgIpc) is 2.46. The third kappa shape index (κ3) is 5.36. The van der Waals surface area contributed by atoms with Crippen molar-refractivity contribution in [1.29, 1.82) is 0 Å². The number of carboxylic acids is 1. The zero-order valence-electron chi connectivity index (χ0n) is 12.4. The molecule has 6 nitrogen and oxygen atoms in total. The molecular weight excluding hydrogens is 260 g/mol. The van der Waals surface area contributed by atoms with E-state index in [0.717, 1.165) is 19.3 Å².